The van der Waals surface area contributed by atoms with Crippen LogP contribution in [0.1, 0.15) is 22.5 Å². The first-order chi connectivity index (χ1) is 17.2. The Labute approximate surface area is 212 Å². The number of morpholine rings is 1. The van der Waals surface area contributed by atoms with Crippen molar-refractivity contribution in [1.29, 1.82) is 0 Å². The molecule has 1 amide bonds. The van der Waals surface area contributed by atoms with Gasteiger partial charge in [-0.15, -0.1) is 11.3 Å². The second-order valence-electron chi connectivity index (χ2n) is 8.35. The number of hydrogen-bond acceptors (Lipinski definition) is 7. The average Bonchev–Trinajstić information content (AvgIpc) is 3.58. The quantitative estimate of drug-likeness (QED) is 0.539. The number of carboxylic acid groups (broad SMARTS) is 2. The molecule has 3 aliphatic rings. The van der Waals surface area contributed by atoms with Crippen molar-refractivity contribution in [3.63, 3.8) is 0 Å². The number of aliphatic carboxylic acids is 2. The molecule has 2 N–H and O–H groups in total. The molecule has 4 rings (SSSR count). The molecule has 1 aromatic heterocycles. The summed E-state index contributed by atoms with van der Waals surface area (Å²) < 4.78 is 69.4. The van der Waals surface area contributed by atoms with Crippen molar-refractivity contribution in [1.82, 2.24) is 14.7 Å². The van der Waals surface area contributed by atoms with Crippen LogP contribution in [0.15, 0.2) is 17.5 Å². The fraction of sp³-hybridized carbons (Fsp3) is 0.667. The van der Waals surface area contributed by atoms with Crippen LogP contribution in [0.5, 0.6) is 0 Å². The molecule has 0 aliphatic carbocycles. The molecule has 3 aliphatic heterocycles. The predicted octanol–water partition coefficient (Wildman–Crippen LogP) is 2.64. The van der Waals surface area contributed by atoms with Crippen LogP contribution < -0.4 is 0 Å². The van der Waals surface area contributed by atoms with E-state index in [0.29, 0.717) is 6.04 Å². The van der Waals surface area contributed by atoms with Crippen LogP contribution in [-0.2, 0) is 14.3 Å². The van der Waals surface area contributed by atoms with Crippen molar-refractivity contribution in [3.8, 4) is 0 Å². The molecule has 1 aromatic rings. The zero-order valence-corrected chi connectivity index (χ0v) is 20.3. The molecule has 37 heavy (non-hydrogen) atoms. The Morgan fingerprint density at radius 1 is 0.946 bits per heavy atom. The minimum absolute atomic E-state index is 0.164. The first-order valence-corrected chi connectivity index (χ1v) is 12.1. The highest BCUT2D eigenvalue weighted by Crippen LogP contribution is 2.25. The van der Waals surface area contributed by atoms with E-state index >= 15 is 0 Å². The molecule has 0 radical (unpaired) electrons. The molecule has 4 heterocycles. The van der Waals surface area contributed by atoms with Gasteiger partial charge in [0, 0.05) is 32.7 Å². The van der Waals surface area contributed by atoms with Crippen molar-refractivity contribution in [2.45, 2.75) is 37.3 Å². The summed E-state index contributed by atoms with van der Waals surface area (Å²) in [6, 6.07) is 4.23. The number of thiophene rings is 1. The van der Waals surface area contributed by atoms with Crippen LogP contribution in [-0.4, -0.2) is 120 Å². The predicted molar refractivity (Wildman–Crippen MR) is 118 cm³/mol. The number of carboxylic acids is 2. The second kappa shape index (κ2) is 13.4. The molecule has 2 atom stereocenters. The number of hydrogen-bond donors (Lipinski definition) is 2. The largest absolute Gasteiger partial charge is 0.490 e. The highest BCUT2D eigenvalue weighted by molar-refractivity contribution is 7.12. The molecular weight excluding hydrogens is 536 g/mol. The van der Waals surface area contributed by atoms with Crippen molar-refractivity contribution in [2.24, 2.45) is 0 Å². The molecule has 0 bridgehead atoms. The van der Waals surface area contributed by atoms with Gasteiger partial charge in [0.15, 0.2) is 0 Å². The van der Waals surface area contributed by atoms with Crippen LogP contribution in [0.4, 0.5) is 26.3 Å². The molecule has 0 spiro atoms. The van der Waals surface area contributed by atoms with Gasteiger partial charge in [0.2, 0.25) is 0 Å². The number of alkyl halides is 6. The normalized spacial score (nSPS) is 22.4. The Kier molecular flexibility index (Phi) is 11.1. The standard InChI is InChI=1S/C17H25N3O2S.2C2HF3O2/c21-17(16-4-3-11-23-16)20-12-14-15(13-20)22-10-9-19(14)8-7-18-5-1-2-6-18;2*3-2(4,5)1(6)7/h3-4,11,14-15H,1-2,5-10,12-13H2;2*(H,6,7)/t14-,15+;;/m1../s1. The number of carbonyl (C=O) groups is 3. The molecule has 9 nitrogen and oxygen atoms in total. The minimum atomic E-state index is -5.08. The molecule has 0 aromatic carbocycles. The van der Waals surface area contributed by atoms with Gasteiger partial charge in [0.25, 0.3) is 5.91 Å². The number of nitrogens with zero attached hydrogens (tertiary/aromatic N) is 3. The summed E-state index contributed by atoms with van der Waals surface area (Å²) in [6.07, 6.45) is -7.29. The first-order valence-electron chi connectivity index (χ1n) is 11.2. The molecule has 3 fully saturated rings. The van der Waals surface area contributed by atoms with E-state index in [1.54, 1.807) is 0 Å². The maximum Gasteiger partial charge on any atom is 0.490 e. The van der Waals surface area contributed by atoms with Gasteiger partial charge < -0.3 is 24.7 Å². The highest BCUT2D eigenvalue weighted by atomic mass is 32.1. The number of carbonyl (C=O) groups excluding carboxylic acids is 1. The Morgan fingerprint density at radius 3 is 2.00 bits per heavy atom. The van der Waals surface area contributed by atoms with E-state index < -0.39 is 24.3 Å². The number of rotatable bonds is 4. The third-order valence-electron chi connectivity index (χ3n) is 5.82. The van der Waals surface area contributed by atoms with Gasteiger partial charge >= 0.3 is 24.3 Å². The molecular formula is C21H27F6N3O6S. The average molecular weight is 564 g/mol. The summed E-state index contributed by atoms with van der Waals surface area (Å²) in [5, 5.41) is 16.2. The number of likely N-dealkylation sites (tertiary alicyclic amines) is 2. The molecule has 210 valence electrons. The summed E-state index contributed by atoms with van der Waals surface area (Å²) in [6.45, 7) is 8.09. The van der Waals surface area contributed by atoms with Crippen LogP contribution in [0.25, 0.3) is 0 Å². The van der Waals surface area contributed by atoms with Gasteiger partial charge in [-0.05, 0) is 37.4 Å². The first kappa shape index (κ1) is 30.8. The van der Waals surface area contributed by atoms with E-state index in [4.69, 9.17) is 24.5 Å². The van der Waals surface area contributed by atoms with Gasteiger partial charge in [0.1, 0.15) is 0 Å². The maximum atomic E-state index is 12.6. The van der Waals surface area contributed by atoms with E-state index in [1.807, 2.05) is 22.4 Å². The van der Waals surface area contributed by atoms with Gasteiger partial charge in [-0.2, -0.15) is 26.3 Å². The van der Waals surface area contributed by atoms with Crippen molar-refractivity contribution < 1.29 is 55.7 Å². The fourth-order valence-corrected chi connectivity index (χ4v) is 4.72. The van der Waals surface area contributed by atoms with Crippen molar-refractivity contribution in [2.75, 3.05) is 52.4 Å². The number of fused-ring (bicyclic) bond motifs is 1. The molecule has 16 heteroatoms. The zero-order valence-electron chi connectivity index (χ0n) is 19.5. The van der Waals surface area contributed by atoms with E-state index in [2.05, 4.69) is 9.80 Å². The third kappa shape index (κ3) is 9.75. The summed E-state index contributed by atoms with van der Waals surface area (Å²) in [7, 11) is 0. The Balaban J connectivity index is 0.000000286. The summed E-state index contributed by atoms with van der Waals surface area (Å²) in [4.78, 5) is 38.3. The van der Waals surface area contributed by atoms with E-state index in [1.165, 1.54) is 37.3 Å². The smallest absolute Gasteiger partial charge is 0.475 e. The SMILES string of the molecule is O=C(O)C(F)(F)F.O=C(O)C(F)(F)F.O=C(c1cccs1)N1C[C@@H]2OCCN(CCN3CCCC3)[C@@H]2C1. The second-order valence-corrected chi connectivity index (χ2v) is 9.30. The van der Waals surface area contributed by atoms with E-state index in [9.17, 15) is 31.1 Å². The third-order valence-corrected chi connectivity index (χ3v) is 6.68. The summed E-state index contributed by atoms with van der Waals surface area (Å²) in [5.41, 5.74) is 0. The lowest BCUT2D eigenvalue weighted by atomic mass is 10.1. The van der Waals surface area contributed by atoms with E-state index in [-0.39, 0.29) is 12.0 Å². The van der Waals surface area contributed by atoms with Crippen molar-refractivity contribution in [3.05, 3.63) is 22.4 Å². The Bertz CT molecular complexity index is 868. The van der Waals surface area contributed by atoms with Gasteiger partial charge in [-0.1, -0.05) is 6.07 Å². The van der Waals surface area contributed by atoms with Crippen LogP contribution in [0, 0.1) is 0 Å². The lowest BCUT2D eigenvalue weighted by Crippen LogP contribution is -2.52. The number of halogens is 6. The molecule has 0 unspecified atom stereocenters. The lowest BCUT2D eigenvalue weighted by Gasteiger charge is -2.37. The topological polar surface area (TPSA) is 111 Å². The Morgan fingerprint density at radius 2 is 1.51 bits per heavy atom. The van der Waals surface area contributed by atoms with Gasteiger partial charge in [-0.25, -0.2) is 9.59 Å². The highest BCUT2D eigenvalue weighted by Gasteiger charge is 2.42. The fourth-order valence-electron chi connectivity index (χ4n) is 4.03. The minimum Gasteiger partial charge on any atom is -0.475 e. The number of ether oxygens (including phenoxy) is 1. The van der Waals surface area contributed by atoms with E-state index in [0.717, 1.165) is 44.2 Å². The van der Waals surface area contributed by atoms with Crippen LogP contribution in [0.3, 0.4) is 0 Å². The molecule has 0 saturated carbocycles. The van der Waals surface area contributed by atoms with Crippen molar-refractivity contribution >= 4 is 29.2 Å². The maximum absolute atomic E-state index is 12.6. The summed E-state index contributed by atoms with van der Waals surface area (Å²) in [5.74, 6) is -5.35. The summed E-state index contributed by atoms with van der Waals surface area (Å²) >= 11 is 1.53. The number of amides is 1. The monoisotopic (exact) mass is 563 g/mol. The van der Waals surface area contributed by atoms with Crippen LogP contribution >= 0.6 is 11.3 Å². The lowest BCUT2D eigenvalue weighted by molar-refractivity contribution is -0.193. The van der Waals surface area contributed by atoms with Gasteiger partial charge in [0.05, 0.1) is 23.6 Å². The Hall–Kier alpha value is -2.43. The molecule has 3 saturated heterocycles. The zero-order chi connectivity index (χ0) is 27.8. The van der Waals surface area contributed by atoms with Crippen LogP contribution in [0.2, 0.25) is 0 Å². The van der Waals surface area contributed by atoms with Gasteiger partial charge in [-0.3, -0.25) is 9.69 Å².